The summed E-state index contributed by atoms with van der Waals surface area (Å²) in [5, 5.41) is 0. The van der Waals surface area contributed by atoms with E-state index in [4.69, 9.17) is 0 Å². The Bertz CT molecular complexity index is 443. The van der Waals surface area contributed by atoms with Crippen LogP contribution in [0.25, 0.3) is 6.08 Å². The zero-order valence-corrected chi connectivity index (χ0v) is 13.6. The minimum absolute atomic E-state index is 0.521. The van der Waals surface area contributed by atoms with Crippen LogP contribution in [0.15, 0.2) is 40.9 Å². The van der Waals surface area contributed by atoms with E-state index in [0.29, 0.717) is 15.0 Å². The molecule has 0 spiro atoms. The van der Waals surface area contributed by atoms with Crippen LogP contribution < -0.4 is 4.46 Å². The molecule has 102 valence electrons. The molecule has 0 nitrogen and oxygen atoms in total. The molecule has 1 aromatic rings. The molecule has 2 rings (SSSR count). The van der Waals surface area contributed by atoms with Crippen molar-refractivity contribution in [2.75, 3.05) is 0 Å². The van der Waals surface area contributed by atoms with Gasteiger partial charge in [-0.3, -0.25) is 0 Å². The third kappa shape index (κ3) is 5.01. The van der Waals surface area contributed by atoms with Crippen LogP contribution in [0.5, 0.6) is 0 Å². The fourth-order valence-electron chi connectivity index (χ4n) is 2.32. The van der Waals surface area contributed by atoms with Gasteiger partial charge in [-0.1, -0.05) is 0 Å². The van der Waals surface area contributed by atoms with E-state index in [1.165, 1.54) is 55.0 Å². The average Bonchev–Trinajstić information content (AvgIpc) is 2.46. The van der Waals surface area contributed by atoms with Gasteiger partial charge in [-0.15, -0.1) is 0 Å². The minimum atomic E-state index is 0.521. The van der Waals surface area contributed by atoms with Crippen LogP contribution >= 0.6 is 0 Å². The van der Waals surface area contributed by atoms with Gasteiger partial charge in [0.15, 0.2) is 0 Å². The third-order valence-corrected chi connectivity index (χ3v) is 5.85. The molecule has 0 bridgehead atoms. The van der Waals surface area contributed by atoms with Crippen LogP contribution in [0, 0.1) is 0 Å². The Morgan fingerprint density at radius 2 is 1.74 bits per heavy atom. The second kappa shape index (κ2) is 8.40. The van der Waals surface area contributed by atoms with Crippen molar-refractivity contribution >= 4 is 25.5 Å². The van der Waals surface area contributed by atoms with Gasteiger partial charge in [-0.2, -0.15) is 0 Å². The maximum absolute atomic E-state index is 2.46. The Labute approximate surface area is 124 Å². The molecule has 0 radical (unpaired) electrons. The summed E-state index contributed by atoms with van der Waals surface area (Å²) in [6.07, 6.45) is 16.7. The van der Waals surface area contributed by atoms with Crippen molar-refractivity contribution in [1.82, 2.24) is 0 Å². The molecule has 0 atom stereocenters. The van der Waals surface area contributed by atoms with E-state index in [1.54, 1.807) is 4.47 Å². The topological polar surface area (TPSA) is 0 Å². The number of rotatable bonds is 7. The number of allylic oxidation sites excluding steroid dienone is 3. The van der Waals surface area contributed by atoms with Gasteiger partial charge in [-0.05, 0) is 0 Å². The maximum atomic E-state index is 2.46. The summed E-state index contributed by atoms with van der Waals surface area (Å²) in [4.78, 5) is 0. The first-order valence-electron chi connectivity index (χ1n) is 7.55. The molecule has 0 saturated carbocycles. The Morgan fingerprint density at radius 1 is 0.947 bits per heavy atom. The summed E-state index contributed by atoms with van der Waals surface area (Å²) in [6.45, 7) is 2.28. The molecule has 0 aliphatic carbocycles. The molecule has 0 amide bonds. The molecule has 0 aromatic heterocycles. The molecular weight excluding hydrogens is 295 g/mol. The van der Waals surface area contributed by atoms with Crippen molar-refractivity contribution in [3.63, 3.8) is 0 Å². The van der Waals surface area contributed by atoms with Gasteiger partial charge in [-0.25, -0.2) is 0 Å². The van der Waals surface area contributed by atoms with Crippen molar-refractivity contribution in [3.8, 4) is 0 Å². The second-order valence-corrected chi connectivity index (χ2v) is 7.48. The van der Waals surface area contributed by atoms with Gasteiger partial charge >= 0.3 is 124 Å². The first kappa shape index (κ1) is 14.6. The van der Waals surface area contributed by atoms with Gasteiger partial charge in [0.2, 0.25) is 0 Å². The van der Waals surface area contributed by atoms with E-state index >= 15 is 0 Å². The van der Waals surface area contributed by atoms with E-state index in [9.17, 15) is 0 Å². The molecule has 1 aliphatic heterocycles. The number of hydrogen-bond acceptors (Lipinski definition) is 0. The molecule has 1 aliphatic rings. The summed E-state index contributed by atoms with van der Waals surface area (Å²) in [7, 11) is 0. The Hall–Kier alpha value is -0.781. The van der Waals surface area contributed by atoms with Crippen LogP contribution in [0.2, 0.25) is 0 Å². The Morgan fingerprint density at radius 3 is 2.63 bits per heavy atom. The number of unbranched alkanes of at least 4 members (excludes halogenated alkanes) is 6. The monoisotopic (exact) mass is 320 g/mol. The molecule has 0 unspecified atom stereocenters. The normalized spacial score (nSPS) is 15.7. The summed E-state index contributed by atoms with van der Waals surface area (Å²) in [6, 6.07) is 8.78. The molecule has 0 N–H and O–H groups in total. The average molecular weight is 319 g/mol. The molecular formula is C18H24Se. The van der Waals surface area contributed by atoms with Gasteiger partial charge in [0.05, 0.1) is 0 Å². The van der Waals surface area contributed by atoms with Gasteiger partial charge < -0.3 is 0 Å². The molecule has 1 heteroatoms. The van der Waals surface area contributed by atoms with E-state index < -0.39 is 0 Å². The fourth-order valence-corrected chi connectivity index (χ4v) is 4.40. The molecule has 0 fully saturated rings. The Balaban J connectivity index is 1.71. The predicted molar refractivity (Wildman–Crippen MR) is 86.9 cm³/mol. The Kier molecular flexibility index (Phi) is 6.47. The van der Waals surface area contributed by atoms with Crippen LogP contribution in [-0.2, 0) is 0 Å². The van der Waals surface area contributed by atoms with E-state index in [0.717, 1.165) is 0 Å². The van der Waals surface area contributed by atoms with E-state index in [-0.39, 0.29) is 0 Å². The van der Waals surface area contributed by atoms with Crippen molar-refractivity contribution in [3.05, 3.63) is 46.5 Å². The van der Waals surface area contributed by atoms with Crippen LogP contribution in [0.4, 0.5) is 0 Å². The number of benzene rings is 1. The predicted octanol–water partition coefficient (Wildman–Crippen LogP) is 4.68. The fraction of sp³-hybridized carbons (Fsp3) is 0.444. The third-order valence-electron chi connectivity index (χ3n) is 3.48. The van der Waals surface area contributed by atoms with Crippen LogP contribution in [0.1, 0.15) is 57.4 Å². The van der Waals surface area contributed by atoms with Gasteiger partial charge in [0.1, 0.15) is 0 Å². The first-order valence-corrected chi connectivity index (χ1v) is 9.26. The van der Waals surface area contributed by atoms with E-state index in [1.807, 2.05) is 0 Å². The zero-order chi connectivity index (χ0) is 13.3. The van der Waals surface area contributed by atoms with Crippen molar-refractivity contribution in [2.24, 2.45) is 0 Å². The zero-order valence-electron chi connectivity index (χ0n) is 11.9. The van der Waals surface area contributed by atoms with Gasteiger partial charge in [0, 0.05) is 0 Å². The molecule has 1 aromatic carbocycles. The van der Waals surface area contributed by atoms with Crippen molar-refractivity contribution in [2.45, 2.75) is 51.9 Å². The standard InChI is InChI=1S/C18H24Se/c1-2-3-4-5-6-7-8-12-17-15-14-16-11-9-10-13-18(16)19-17/h9-15H,2-8H2,1H3/b17-12-. The molecule has 1 heterocycles. The van der Waals surface area contributed by atoms with Crippen molar-refractivity contribution in [1.29, 1.82) is 0 Å². The summed E-state index contributed by atoms with van der Waals surface area (Å²) < 4.78 is 3.09. The summed E-state index contributed by atoms with van der Waals surface area (Å²) in [5.74, 6) is 0. The molecule has 19 heavy (non-hydrogen) atoms. The molecule has 0 saturated heterocycles. The van der Waals surface area contributed by atoms with Crippen LogP contribution in [0.3, 0.4) is 0 Å². The van der Waals surface area contributed by atoms with Crippen LogP contribution in [-0.4, -0.2) is 15.0 Å². The SMILES string of the molecule is CCCCCCCC/C=C1/C=Cc2ccccc2[Se]1. The quantitative estimate of drug-likeness (QED) is 0.506. The van der Waals surface area contributed by atoms with E-state index in [2.05, 4.69) is 49.4 Å². The van der Waals surface area contributed by atoms with Crippen molar-refractivity contribution < 1.29 is 0 Å². The number of fused-ring (bicyclic) bond motifs is 1. The first-order chi connectivity index (χ1) is 9.40. The second-order valence-electron chi connectivity index (χ2n) is 5.14. The summed E-state index contributed by atoms with van der Waals surface area (Å²) in [5.41, 5.74) is 1.42. The number of hydrogen-bond donors (Lipinski definition) is 0. The van der Waals surface area contributed by atoms with Gasteiger partial charge in [0.25, 0.3) is 0 Å². The summed E-state index contributed by atoms with van der Waals surface area (Å²) >= 11 is 0.521.